The third-order valence-electron chi connectivity index (χ3n) is 2.97. The van der Waals surface area contributed by atoms with Crippen molar-refractivity contribution >= 4 is 39.0 Å². The van der Waals surface area contributed by atoms with E-state index in [1.54, 1.807) is 47.4 Å². The fraction of sp³-hybridized carbons (Fsp3) is 0.0667. The third kappa shape index (κ3) is 3.72. The van der Waals surface area contributed by atoms with Crippen LogP contribution in [0.3, 0.4) is 0 Å². The van der Waals surface area contributed by atoms with Gasteiger partial charge < -0.3 is 4.74 Å². The average molecular weight is 392 g/mol. The molecule has 8 heteroatoms. The third-order valence-corrected chi connectivity index (χ3v) is 4.63. The maximum atomic E-state index is 12.0. The first kappa shape index (κ1) is 15.6. The molecule has 0 fully saturated rings. The summed E-state index contributed by atoms with van der Waals surface area (Å²) in [6.07, 6.45) is 2.99. The number of hydrogen-bond acceptors (Lipinski definition) is 6. The van der Waals surface area contributed by atoms with Crippen molar-refractivity contribution in [2.24, 2.45) is 0 Å². The lowest BCUT2D eigenvalue weighted by atomic mass is 10.2. The van der Waals surface area contributed by atoms with E-state index in [4.69, 9.17) is 4.74 Å². The molecular formula is C15H10BrN3O3S. The predicted molar refractivity (Wildman–Crippen MR) is 88.0 cm³/mol. The molecule has 23 heavy (non-hydrogen) atoms. The van der Waals surface area contributed by atoms with Gasteiger partial charge >= 0.3 is 5.97 Å². The minimum absolute atomic E-state index is 0.228. The molecular weight excluding hydrogens is 382 g/mol. The molecule has 2 heterocycles. The number of ketones is 1. The molecule has 0 aliphatic heterocycles. The molecule has 116 valence electrons. The SMILES string of the molecule is O=C(OCC(=O)c1ccc(Br)s1)c1ccc(-n2cncn2)cc1. The highest BCUT2D eigenvalue weighted by atomic mass is 79.9. The Bertz CT molecular complexity index is 828. The standard InChI is InChI=1S/C15H10BrN3O3S/c16-14-6-5-13(23-14)12(20)7-22-15(21)10-1-3-11(4-2-10)19-9-17-8-18-19/h1-6,8-9H,7H2. The topological polar surface area (TPSA) is 74.1 Å². The Kier molecular flexibility index (Phi) is 4.63. The highest BCUT2D eigenvalue weighted by Crippen LogP contribution is 2.22. The van der Waals surface area contributed by atoms with Crippen LogP contribution in [0.15, 0.2) is 52.8 Å². The van der Waals surface area contributed by atoms with Gasteiger partial charge in [0.1, 0.15) is 12.7 Å². The highest BCUT2D eigenvalue weighted by Gasteiger charge is 2.13. The summed E-state index contributed by atoms with van der Waals surface area (Å²) < 4.78 is 7.49. The number of esters is 1. The summed E-state index contributed by atoms with van der Waals surface area (Å²) >= 11 is 4.59. The van der Waals surface area contributed by atoms with Gasteiger partial charge in [0.25, 0.3) is 0 Å². The van der Waals surface area contributed by atoms with Crippen molar-refractivity contribution in [2.45, 2.75) is 0 Å². The molecule has 0 amide bonds. The van der Waals surface area contributed by atoms with Gasteiger partial charge in [0.15, 0.2) is 6.61 Å². The summed E-state index contributed by atoms with van der Waals surface area (Å²) in [6.45, 7) is -0.281. The van der Waals surface area contributed by atoms with Crippen LogP contribution in [0.5, 0.6) is 0 Å². The Labute approximate surface area is 143 Å². The fourth-order valence-corrected chi connectivity index (χ4v) is 3.15. The number of hydrogen-bond donors (Lipinski definition) is 0. The zero-order valence-electron chi connectivity index (χ0n) is 11.7. The van der Waals surface area contributed by atoms with Gasteiger partial charge in [0.05, 0.1) is 19.9 Å². The summed E-state index contributed by atoms with van der Waals surface area (Å²) in [5.41, 5.74) is 1.15. The van der Waals surface area contributed by atoms with Crippen molar-refractivity contribution in [3.63, 3.8) is 0 Å². The Morgan fingerprint density at radius 1 is 1.17 bits per heavy atom. The van der Waals surface area contributed by atoms with Crippen LogP contribution in [0.2, 0.25) is 0 Å². The van der Waals surface area contributed by atoms with E-state index in [0.717, 1.165) is 9.47 Å². The lowest BCUT2D eigenvalue weighted by Crippen LogP contribution is -2.13. The van der Waals surface area contributed by atoms with Crippen LogP contribution in [0.4, 0.5) is 0 Å². The second-order valence-corrected chi connectivity index (χ2v) is 6.95. The number of thiophene rings is 1. The number of ether oxygens (including phenoxy) is 1. The monoisotopic (exact) mass is 391 g/mol. The highest BCUT2D eigenvalue weighted by molar-refractivity contribution is 9.11. The summed E-state index contributed by atoms with van der Waals surface area (Å²) in [5.74, 6) is -0.771. The van der Waals surface area contributed by atoms with Crippen LogP contribution >= 0.6 is 27.3 Å². The van der Waals surface area contributed by atoms with Crippen molar-refractivity contribution < 1.29 is 14.3 Å². The van der Waals surface area contributed by atoms with E-state index in [1.165, 1.54) is 17.7 Å². The molecule has 0 aliphatic carbocycles. The van der Waals surface area contributed by atoms with Gasteiger partial charge in [-0.15, -0.1) is 11.3 Å². The van der Waals surface area contributed by atoms with Crippen LogP contribution in [0.25, 0.3) is 5.69 Å². The number of carbonyl (C=O) groups excluding carboxylic acids is 2. The van der Waals surface area contributed by atoms with Gasteiger partial charge in [-0.2, -0.15) is 5.10 Å². The van der Waals surface area contributed by atoms with Crippen LogP contribution in [0.1, 0.15) is 20.0 Å². The van der Waals surface area contributed by atoms with Crippen LogP contribution < -0.4 is 0 Å². The van der Waals surface area contributed by atoms with Crippen LogP contribution in [0, 0.1) is 0 Å². The molecule has 0 bridgehead atoms. The van der Waals surface area contributed by atoms with Crippen LogP contribution in [-0.4, -0.2) is 33.1 Å². The van der Waals surface area contributed by atoms with Gasteiger partial charge in [-0.05, 0) is 52.3 Å². The summed E-state index contributed by atoms with van der Waals surface area (Å²) in [7, 11) is 0. The van der Waals surface area contributed by atoms with Gasteiger partial charge in [-0.3, -0.25) is 4.79 Å². The summed E-state index contributed by atoms with van der Waals surface area (Å²) in [5, 5.41) is 4.00. The van der Waals surface area contributed by atoms with E-state index in [0.29, 0.717) is 10.4 Å². The second-order valence-electron chi connectivity index (χ2n) is 4.49. The lowest BCUT2D eigenvalue weighted by molar-refractivity contribution is 0.0476. The molecule has 0 spiro atoms. The number of Topliss-reactive ketones (excluding diaryl/α,β-unsaturated/α-hetero) is 1. The number of halogens is 1. The Balaban J connectivity index is 1.61. The van der Waals surface area contributed by atoms with E-state index < -0.39 is 5.97 Å². The first-order valence-electron chi connectivity index (χ1n) is 6.54. The lowest BCUT2D eigenvalue weighted by Gasteiger charge is -2.05. The molecule has 3 aromatic rings. The zero-order valence-corrected chi connectivity index (χ0v) is 14.1. The van der Waals surface area contributed by atoms with E-state index in [-0.39, 0.29) is 12.4 Å². The van der Waals surface area contributed by atoms with Gasteiger partial charge in [-0.25, -0.2) is 14.5 Å². The maximum Gasteiger partial charge on any atom is 0.338 e. The largest absolute Gasteiger partial charge is 0.454 e. The number of benzene rings is 1. The summed E-state index contributed by atoms with van der Waals surface area (Å²) in [6, 6.07) is 10.2. The van der Waals surface area contributed by atoms with Gasteiger partial charge in [0, 0.05) is 0 Å². The second kappa shape index (κ2) is 6.84. The summed E-state index contributed by atoms with van der Waals surface area (Å²) in [4.78, 5) is 28.3. The van der Waals surface area contributed by atoms with Crippen molar-refractivity contribution in [3.8, 4) is 5.69 Å². The van der Waals surface area contributed by atoms with E-state index >= 15 is 0 Å². The molecule has 0 N–H and O–H groups in total. The quantitative estimate of drug-likeness (QED) is 0.493. The maximum absolute atomic E-state index is 12.0. The molecule has 0 aliphatic rings. The molecule has 3 rings (SSSR count). The Morgan fingerprint density at radius 3 is 2.57 bits per heavy atom. The van der Waals surface area contributed by atoms with Crippen molar-refractivity contribution in [2.75, 3.05) is 6.61 Å². The molecule has 0 atom stereocenters. The smallest absolute Gasteiger partial charge is 0.338 e. The molecule has 0 saturated heterocycles. The minimum atomic E-state index is -0.542. The molecule has 2 aromatic heterocycles. The fourth-order valence-electron chi connectivity index (χ4n) is 1.84. The molecule has 0 saturated carbocycles. The predicted octanol–water partition coefficient (Wildman–Crippen LogP) is 3.13. The zero-order chi connectivity index (χ0) is 16.2. The number of rotatable bonds is 5. The Morgan fingerprint density at radius 2 is 1.96 bits per heavy atom. The molecule has 0 radical (unpaired) electrons. The van der Waals surface area contributed by atoms with Crippen molar-refractivity contribution in [1.29, 1.82) is 0 Å². The van der Waals surface area contributed by atoms with E-state index in [1.807, 2.05) is 0 Å². The first-order valence-corrected chi connectivity index (χ1v) is 8.15. The van der Waals surface area contributed by atoms with Gasteiger partial charge in [-0.1, -0.05) is 0 Å². The molecule has 1 aromatic carbocycles. The van der Waals surface area contributed by atoms with Gasteiger partial charge in [0.2, 0.25) is 5.78 Å². The normalized spacial score (nSPS) is 10.5. The minimum Gasteiger partial charge on any atom is -0.454 e. The number of aromatic nitrogens is 3. The Hall–Kier alpha value is -2.32. The van der Waals surface area contributed by atoms with E-state index in [2.05, 4.69) is 26.0 Å². The number of nitrogens with zero attached hydrogens (tertiary/aromatic N) is 3. The van der Waals surface area contributed by atoms with E-state index in [9.17, 15) is 9.59 Å². The average Bonchev–Trinajstić information content (AvgIpc) is 3.24. The first-order chi connectivity index (χ1) is 11.1. The molecule has 0 unspecified atom stereocenters. The number of carbonyl (C=O) groups is 2. The van der Waals surface area contributed by atoms with Crippen molar-refractivity contribution in [3.05, 3.63) is 63.3 Å². The molecule has 6 nitrogen and oxygen atoms in total. The van der Waals surface area contributed by atoms with Crippen LogP contribution in [-0.2, 0) is 4.74 Å². The van der Waals surface area contributed by atoms with Crippen molar-refractivity contribution in [1.82, 2.24) is 14.8 Å².